The van der Waals surface area contributed by atoms with Crippen molar-refractivity contribution >= 4 is 35.8 Å². The molecule has 0 aliphatic rings. The number of amides is 1. The average Bonchev–Trinajstić information content (AvgIpc) is 2.67. The molecule has 0 radical (unpaired) electrons. The Morgan fingerprint density at radius 2 is 1.86 bits per heavy atom. The van der Waals surface area contributed by atoms with Gasteiger partial charge in [0.15, 0.2) is 5.96 Å². The van der Waals surface area contributed by atoms with E-state index in [1.807, 2.05) is 37.3 Å². The fourth-order valence-corrected chi connectivity index (χ4v) is 2.30. The number of rotatable bonds is 8. The molecule has 6 nitrogen and oxygen atoms in total. The van der Waals surface area contributed by atoms with Crippen LogP contribution in [0, 0.1) is 5.82 Å². The van der Waals surface area contributed by atoms with E-state index in [0.717, 1.165) is 5.56 Å². The van der Waals surface area contributed by atoms with Gasteiger partial charge >= 0.3 is 0 Å². The first-order chi connectivity index (χ1) is 13.1. The number of hydrogen-bond donors (Lipinski definition) is 3. The second-order valence-electron chi connectivity index (χ2n) is 5.95. The molecule has 1 amide bonds. The molecule has 0 aromatic heterocycles. The standard InChI is InChI=1S/C20H25FN4O2.HI/c1-15(27-18-10-6-9-17(21)11-18)12-24-20(22-2)25-14-19(26)23-13-16-7-4-3-5-8-16;/h3-11,15H,12-14H2,1-2H3,(H,23,26)(H2,22,24,25);1H. The third-order valence-electron chi connectivity index (χ3n) is 3.66. The lowest BCUT2D eigenvalue weighted by molar-refractivity contribution is -0.120. The molecule has 0 spiro atoms. The Morgan fingerprint density at radius 3 is 2.54 bits per heavy atom. The minimum Gasteiger partial charge on any atom is -0.489 e. The van der Waals surface area contributed by atoms with Gasteiger partial charge in [0.1, 0.15) is 17.7 Å². The van der Waals surface area contributed by atoms with Crippen LogP contribution in [0.25, 0.3) is 0 Å². The number of ether oxygens (including phenoxy) is 1. The molecule has 0 aliphatic carbocycles. The molecule has 8 heteroatoms. The highest BCUT2D eigenvalue weighted by molar-refractivity contribution is 14.0. The van der Waals surface area contributed by atoms with E-state index in [2.05, 4.69) is 20.9 Å². The fourth-order valence-electron chi connectivity index (χ4n) is 2.30. The fraction of sp³-hybridized carbons (Fsp3) is 0.300. The van der Waals surface area contributed by atoms with E-state index < -0.39 is 0 Å². The highest BCUT2D eigenvalue weighted by Crippen LogP contribution is 2.13. The van der Waals surface area contributed by atoms with Gasteiger partial charge in [-0.25, -0.2) is 4.39 Å². The predicted octanol–water partition coefficient (Wildman–Crippen LogP) is 2.69. The van der Waals surface area contributed by atoms with Gasteiger partial charge in [0.25, 0.3) is 0 Å². The van der Waals surface area contributed by atoms with Crippen LogP contribution in [0.2, 0.25) is 0 Å². The second-order valence-corrected chi connectivity index (χ2v) is 5.95. The molecule has 3 N–H and O–H groups in total. The maximum atomic E-state index is 13.2. The largest absolute Gasteiger partial charge is 0.489 e. The summed E-state index contributed by atoms with van der Waals surface area (Å²) in [5.74, 6) is 0.476. The van der Waals surface area contributed by atoms with Gasteiger partial charge in [0.2, 0.25) is 5.91 Å². The van der Waals surface area contributed by atoms with Crippen molar-refractivity contribution in [3.63, 3.8) is 0 Å². The maximum absolute atomic E-state index is 13.2. The van der Waals surface area contributed by atoms with E-state index in [4.69, 9.17) is 4.74 Å². The summed E-state index contributed by atoms with van der Waals surface area (Å²) >= 11 is 0. The van der Waals surface area contributed by atoms with Gasteiger partial charge in [-0.3, -0.25) is 9.79 Å². The van der Waals surface area contributed by atoms with Crippen LogP contribution in [-0.2, 0) is 11.3 Å². The Hall–Kier alpha value is -2.36. The summed E-state index contributed by atoms with van der Waals surface area (Å²) < 4.78 is 18.8. The van der Waals surface area contributed by atoms with E-state index in [-0.39, 0.29) is 48.3 Å². The quantitative estimate of drug-likeness (QED) is 0.296. The number of nitrogens with one attached hydrogen (secondary N) is 3. The molecule has 1 unspecified atom stereocenters. The topological polar surface area (TPSA) is 74.8 Å². The van der Waals surface area contributed by atoms with Crippen molar-refractivity contribution in [3.05, 3.63) is 66.0 Å². The molecule has 2 rings (SSSR count). The second kappa shape index (κ2) is 12.9. The van der Waals surface area contributed by atoms with Crippen LogP contribution in [0.1, 0.15) is 12.5 Å². The van der Waals surface area contributed by atoms with Crippen LogP contribution in [0.15, 0.2) is 59.6 Å². The number of carbonyl (C=O) groups excluding carboxylic acids is 1. The van der Waals surface area contributed by atoms with E-state index in [9.17, 15) is 9.18 Å². The number of benzene rings is 2. The first kappa shape index (κ1) is 23.7. The lowest BCUT2D eigenvalue weighted by Gasteiger charge is -2.17. The number of nitrogens with zero attached hydrogens (tertiary/aromatic N) is 1. The highest BCUT2D eigenvalue weighted by atomic mass is 127. The molecule has 2 aromatic rings. The minimum atomic E-state index is -0.341. The molecular weight excluding hydrogens is 474 g/mol. The van der Waals surface area contributed by atoms with Gasteiger partial charge in [-0.05, 0) is 24.6 Å². The zero-order valence-electron chi connectivity index (χ0n) is 15.9. The number of carbonyl (C=O) groups is 1. The van der Waals surface area contributed by atoms with Crippen LogP contribution in [0.3, 0.4) is 0 Å². The van der Waals surface area contributed by atoms with Gasteiger partial charge in [-0.15, -0.1) is 24.0 Å². The summed E-state index contributed by atoms with van der Waals surface area (Å²) in [7, 11) is 1.62. The molecule has 152 valence electrons. The number of hydrogen-bond acceptors (Lipinski definition) is 3. The lowest BCUT2D eigenvalue weighted by atomic mass is 10.2. The number of aliphatic imine (C=N–C) groups is 1. The monoisotopic (exact) mass is 500 g/mol. The average molecular weight is 500 g/mol. The Bertz CT molecular complexity index is 759. The zero-order valence-corrected chi connectivity index (χ0v) is 18.3. The molecule has 0 aliphatic heterocycles. The number of halogens is 2. The third kappa shape index (κ3) is 9.03. The number of guanidine groups is 1. The van der Waals surface area contributed by atoms with Crippen molar-refractivity contribution in [2.24, 2.45) is 4.99 Å². The van der Waals surface area contributed by atoms with Gasteiger partial charge in [0.05, 0.1) is 13.1 Å². The van der Waals surface area contributed by atoms with Crippen LogP contribution < -0.4 is 20.7 Å². The van der Waals surface area contributed by atoms with E-state index in [1.54, 1.807) is 19.2 Å². The Labute approximate surface area is 182 Å². The molecule has 0 heterocycles. The molecule has 0 fully saturated rings. The van der Waals surface area contributed by atoms with Crippen LogP contribution in [0.5, 0.6) is 5.75 Å². The Morgan fingerprint density at radius 1 is 1.11 bits per heavy atom. The van der Waals surface area contributed by atoms with E-state index >= 15 is 0 Å². The lowest BCUT2D eigenvalue weighted by Crippen LogP contribution is -2.45. The predicted molar refractivity (Wildman–Crippen MR) is 120 cm³/mol. The van der Waals surface area contributed by atoms with Crippen molar-refractivity contribution in [1.29, 1.82) is 0 Å². The van der Waals surface area contributed by atoms with Crippen LogP contribution in [-0.4, -0.2) is 38.1 Å². The van der Waals surface area contributed by atoms with Crippen molar-refractivity contribution in [2.75, 3.05) is 20.1 Å². The zero-order chi connectivity index (χ0) is 19.5. The van der Waals surface area contributed by atoms with E-state index in [1.165, 1.54) is 12.1 Å². The molecule has 0 saturated carbocycles. The first-order valence-corrected chi connectivity index (χ1v) is 8.74. The summed E-state index contributed by atoms with van der Waals surface area (Å²) in [5.41, 5.74) is 1.04. The molecule has 28 heavy (non-hydrogen) atoms. The summed E-state index contributed by atoms with van der Waals surface area (Å²) in [5, 5.41) is 8.86. The SMILES string of the molecule is CN=C(NCC(=O)NCc1ccccc1)NCC(C)Oc1cccc(F)c1.I. The first-order valence-electron chi connectivity index (χ1n) is 8.74. The third-order valence-corrected chi connectivity index (χ3v) is 3.66. The van der Waals surface area contributed by atoms with Crippen molar-refractivity contribution in [2.45, 2.75) is 19.6 Å². The van der Waals surface area contributed by atoms with Gasteiger partial charge in [0, 0.05) is 19.7 Å². The van der Waals surface area contributed by atoms with Crippen LogP contribution >= 0.6 is 24.0 Å². The smallest absolute Gasteiger partial charge is 0.239 e. The van der Waals surface area contributed by atoms with Crippen molar-refractivity contribution in [1.82, 2.24) is 16.0 Å². The van der Waals surface area contributed by atoms with Gasteiger partial charge in [-0.2, -0.15) is 0 Å². The molecule has 0 saturated heterocycles. The normalized spacial score (nSPS) is 11.8. The molecule has 1 atom stereocenters. The Balaban J connectivity index is 0.00000392. The molecular formula is C20H26FIN4O2. The maximum Gasteiger partial charge on any atom is 0.239 e. The minimum absolute atomic E-state index is 0. The van der Waals surface area contributed by atoms with Crippen molar-refractivity contribution < 1.29 is 13.9 Å². The summed E-state index contributed by atoms with van der Waals surface area (Å²) in [6, 6.07) is 15.7. The van der Waals surface area contributed by atoms with Gasteiger partial charge in [-0.1, -0.05) is 36.4 Å². The van der Waals surface area contributed by atoms with Crippen LogP contribution in [0.4, 0.5) is 4.39 Å². The summed E-state index contributed by atoms with van der Waals surface area (Å²) in [4.78, 5) is 16.0. The molecule has 2 aromatic carbocycles. The summed E-state index contributed by atoms with van der Waals surface area (Å²) in [6.07, 6.45) is -0.211. The van der Waals surface area contributed by atoms with E-state index in [0.29, 0.717) is 24.8 Å². The summed E-state index contributed by atoms with van der Waals surface area (Å²) in [6.45, 7) is 2.89. The highest BCUT2D eigenvalue weighted by Gasteiger charge is 2.08. The Kier molecular flexibility index (Phi) is 10.9. The molecule has 0 bridgehead atoms. The van der Waals surface area contributed by atoms with Gasteiger partial charge < -0.3 is 20.7 Å². The van der Waals surface area contributed by atoms with Crippen molar-refractivity contribution in [3.8, 4) is 5.75 Å².